The summed E-state index contributed by atoms with van der Waals surface area (Å²) >= 11 is 0. The van der Waals surface area contributed by atoms with Crippen LogP contribution in [0.4, 0.5) is 4.39 Å². The number of aryl methyl sites for hydroxylation is 1. The number of hydrogen-bond donors (Lipinski definition) is 0. The molecular formula is C13H19FO2. The van der Waals surface area contributed by atoms with Crippen LogP contribution < -0.4 is 4.74 Å². The van der Waals surface area contributed by atoms with Gasteiger partial charge in [-0.2, -0.15) is 0 Å². The highest BCUT2D eigenvalue weighted by Crippen LogP contribution is 2.18. The third kappa shape index (κ3) is 4.19. The monoisotopic (exact) mass is 226 g/mol. The SMILES string of the molecule is CCCCCc1ccc(OCOC)cc1F. The van der Waals surface area contributed by atoms with Crippen molar-refractivity contribution in [2.45, 2.75) is 32.6 Å². The lowest BCUT2D eigenvalue weighted by molar-refractivity contribution is 0.0509. The molecule has 2 nitrogen and oxygen atoms in total. The van der Waals surface area contributed by atoms with Gasteiger partial charge in [-0.3, -0.25) is 0 Å². The van der Waals surface area contributed by atoms with Gasteiger partial charge in [0.15, 0.2) is 6.79 Å². The van der Waals surface area contributed by atoms with Gasteiger partial charge in [0, 0.05) is 13.2 Å². The molecule has 0 radical (unpaired) electrons. The van der Waals surface area contributed by atoms with E-state index < -0.39 is 0 Å². The molecular weight excluding hydrogens is 207 g/mol. The van der Waals surface area contributed by atoms with Gasteiger partial charge >= 0.3 is 0 Å². The molecule has 0 heterocycles. The predicted octanol–water partition coefficient (Wildman–Crippen LogP) is 3.54. The molecule has 0 atom stereocenters. The second-order valence-corrected chi connectivity index (χ2v) is 3.76. The first-order valence-electron chi connectivity index (χ1n) is 5.68. The van der Waals surface area contributed by atoms with Crippen LogP contribution in [0.3, 0.4) is 0 Å². The molecule has 0 saturated heterocycles. The molecule has 0 bridgehead atoms. The fourth-order valence-electron chi connectivity index (χ4n) is 1.51. The van der Waals surface area contributed by atoms with Crippen LogP contribution in [0.2, 0.25) is 0 Å². The molecule has 1 rings (SSSR count). The van der Waals surface area contributed by atoms with E-state index in [0.717, 1.165) is 31.2 Å². The highest BCUT2D eigenvalue weighted by molar-refractivity contribution is 5.28. The number of benzene rings is 1. The predicted molar refractivity (Wildman–Crippen MR) is 62.1 cm³/mol. The van der Waals surface area contributed by atoms with Crippen molar-refractivity contribution in [3.63, 3.8) is 0 Å². The summed E-state index contributed by atoms with van der Waals surface area (Å²) in [6.07, 6.45) is 4.12. The molecule has 1 aromatic rings. The minimum Gasteiger partial charge on any atom is -0.467 e. The van der Waals surface area contributed by atoms with Crippen molar-refractivity contribution in [2.75, 3.05) is 13.9 Å². The van der Waals surface area contributed by atoms with Gasteiger partial charge in [0.25, 0.3) is 0 Å². The first-order valence-corrected chi connectivity index (χ1v) is 5.68. The Balaban J connectivity index is 2.53. The lowest BCUT2D eigenvalue weighted by atomic mass is 10.1. The molecule has 0 aliphatic carbocycles. The molecule has 0 aliphatic rings. The molecule has 1 aromatic carbocycles. The molecule has 16 heavy (non-hydrogen) atoms. The quantitative estimate of drug-likeness (QED) is 0.523. The first kappa shape index (κ1) is 13.0. The molecule has 0 aromatic heterocycles. The zero-order valence-corrected chi connectivity index (χ0v) is 9.96. The number of halogens is 1. The summed E-state index contributed by atoms with van der Waals surface area (Å²) in [5.41, 5.74) is 0.762. The largest absolute Gasteiger partial charge is 0.467 e. The Morgan fingerprint density at radius 1 is 1.25 bits per heavy atom. The third-order valence-corrected chi connectivity index (χ3v) is 2.42. The number of ether oxygens (including phenoxy) is 2. The van der Waals surface area contributed by atoms with Gasteiger partial charge in [-0.1, -0.05) is 25.8 Å². The molecule has 0 spiro atoms. The molecule has 90 valence electrons. The molecule has 0 amide bonds. The Hall–Kier alpha value is -1.09. The van der Waals surface area contributed by atoms with Crippen molar-refractivity contribution in [2.24, 2.45) is 0 Å². The van der Waals surface area contributed by atoms with Crippen molar-refractivity contribution in [1.29, 1.82) is 0 Å². The van der Waals surface area contributed by atoms with E-state index in [1.54, 1.807) is 12.1 Å². The summed E-state index contributed by atoms with van der Waals surface area (Å²) in [6.45, 7) is 2.28. The van der Waals surface area contributed by atoms with Crippen LogP contribution in [0.5, 0.6) is 5.75 Å². The maximum absolute atomic E-state index is 13.6. The summed E-state index contributed by atoms with van der Waals surface area (Å²) in [7, 11) is 1.54. The highest BCUT2D eigenvalue weighted by atomic mass is 19.1. The average Bonchev–Trinajstić information content (AvgIpc) is 2.29. The van der Waals surface area contributed by atoms with Crippen LogP contribution in [-0.4, -0.2) is 13.9 Å². The van der Waals surface area contributed by atoms with E-state index in [1.807, 2.05) is 0 Å². The Morgan fingerprint density at radius 2 is 2.06 bits per heavy atom. The van der Waals surface area contributed by atoms with Crippen LogP contribution in [0.1, 0.15) is 31.7 Å². The van der Waals surface area contributed by atoms with Crippen molar-refractivity contribution >= 4 is 0 Å². The number of hydrogen-bond acceptors (Lipinski definition) is 2. The maximum atomic E-state index is 13.6. The molecule has 0 aliphatic heterocycles. The van der Waals surface area contributed by atoms with Crippen molar-refractivity contribution in [3.8, 4) is 5.75 Å². The normalized spacial score (nSPS) is 10.4. The van der Waals surface area contributed by atoms with Crippen LogP contribution in [0, 0.1) is 5.82 Å². The van der Waals surface area contributed by atoms with Crippen LogP contribution in [0.25, 0.3) is 0 Å². The van der Waals surface area contributed by atoms with E-state index in [-0.39, 0.29) is 12.6 Å². The lowest BCUT2D eigenvalue weighted by Gasteiger charge is -2.07. The van der Waals surface area contributed by atoms with Gasteiger partial charge in [-0.05, 0) is 24.5 Å². The molecule has 3 heteroatoms. The molecule has 0 unspecified atom stereocenters. The Labute approximate surface area is 96.4 Å². The van der Waals surface area contributed by atoms with Gasteiger partial charge in [0.05, 0.1) is 0 Å². The number of unbranched alkanes of at least 4 members (excludes halogenated alkanes) is 2. The van der Waals surface area contributed by atoms with Crippen molar-refractivity contribution in [3.05, 3.63) is 29.6 Å². The molecule has 0 fully saturated rings. The first-order chi connectivity index (χ1) is 7.77. The maximum Gasteiger partial charge on any atom is 0.188 e. The summed E-state index contributed by atoms with van der Waals surface area (Å²) in [6, 6.07) is 4.99. The van der Waals surface area contributed by atoms with Gasteiger partial charge in [-0.15, -0.1) is 0 Å². The van der Waals surface area contributed by atoms with E-state index in [1.165, 1.54) is 13.2 Å². The van der Waals surface area contributed by atoms with Crippen LogP contribution in [-0.2, 0) is 11.2 Å². The average molecular weight is 226 g/mol. The minimum absolute atomic E-state index is 0.147. The van der Waals surface area contributed by atoms with E-state index in [4.69, 9.17) is 9.47 Å². The van der Waals surface area contributed by atoms with Gasteiger partial charge in [-0.25, -0.2) is 4.39 Å². The van der Waals surface area contributed by atoms with E-state index in [2.05, 4.69) is 6.92 Å². The van der Waals surface area contributed by atoms with Gasteiger partial charge in [0.2, 0.25) is 0 Å². The second-order valence-electron chi connectivity index (χ2n) is 3.76. The Kier molecular flexibility index (Phi) is 5.86. The smallest absolute Gasteiger partial charge is 0.188 e. The fraction of sp³-hybridized carbons (Fsp3) is 0.538. The van der Waals surface area contributed by atoms with E-state index >= 15 is 0 Å². The molecule has 0 saturated carbocycles. The zero-order chi connectivity index (χ0) is 11.8. The number of rotatable bonds is 7. The lowest BCUT2D eigenvalue weighted by Crippen LogP contribution is -2.00. The van der Waals surface area contributed by atoms with Crippen LogP contribution >= 0.6 is 0 Å². The van der Waals surface area contributed by atoms with Gasteiger partial charge < -0.3 is 9.47 Å². The number of methoxy groups -OCH3 is 1. The topological polar surface area (TPSA) is 18.5 Å². The highest BCUT2D eigenvalue weighted by Gasteiger charge is 2.04. The van der Waals surface area contributed by atoms with Crippen molar-refractivity contribution in [1.82, 2.24) is 0 Å². The fourth-order valence-corrected chi connectivity index (χ4v) is 1.51. The Morgan fingerprint density at radius 3 is 2.69 bits per heavy atom. The third-order valence-electron chi connectivity index (χ3n) is 2.42. The molecule has 0 N–H and O–H groups in total. The summed E-state index contributed by atoms with van der Waals surface area (Å²) < 4.78 is 23.5. The van der Waals surface area contributed by atoms with Crippen molar-refractivity contribution < 1.29 is 13.9 Å². The summed E-state index contributed by atoms with van der Waals surface area (Å²) in [5.74, 6) is 0.322. The van der Waals surface area contributed by atoms with E-state index in [0.29, 0.717) is 5.75 Å². The summed E-state index contributed by atoms with van der Waals surface area (Å²) in [4.78, 5) is 0. The standard InChI is InChI=1S/C13H19FO2/c1-3-4-5-6-11-7-8-12(9-13(11)14)16-10-15-2/h7-9H,3-6,10H2,1-2H3. The minimum atomic E-state index is -0.190. The van der Waals surface area contributed by atoms with Gasteiger partial charge in [0.1, 0.15) is 11.6 Å². The summed E-state index contributed by atoms with van der Waals surface area (Å²) in [5, 5.41) is 0. The van der Waals surface area contributed by atoms with Crippen LogP contribution in [0.15, 0.2) is 18.2 Å². The second kappa shape index (κ2) is 7.23. The zero-order valence-electron chi connectivity index (χ0n) is 9.96. The van der Waals surface area contributed by atoms with E-state index in [9.17, 15) is 4.39 Å². The Bertz CT molecular complexity index is 313.